The highest BCUT2D eigenvalue weighted by molar-refractivity contribution is 7.12. The summed E-state index contributed by atoms with van der Waals surface area (Å²) in [5, 5.41) is 6.92. The van der Waals surface area contributed by atoms with Crippen molar-refractivity contribution in [2.45, 2.75) is 19.1 Å². The summed E-state index contributed by atoms with van der Waals surface area (Å²) >= 11 is 1.41. The molecule has 3 amide bonds. The molecular formula is C20H23N3O5S. The third-order valence-corrected chi connectivity index (χ3v) is 5.45. The number of aryl methyl sites for hydroxylation is 1. The minimum Gasteiger partial charge on any atom is -0.354 e. The molecule has 0 saturated carbocycles. The molecular weight excluding hydrogens is 394 g/mol. The van der Waals surface area contributed by atoms with E-state index in [0.29, 0.717) is 17.1 Å². The maximum Gasteiger partial charge on any atom is 0.313 e. The Morgan fingerprint density at radius 2 is 1.97 bits per heavy atom. The molecule has 0 saturated heterocycles. The Labute approximate surface area is 172 Å². The van der Waals surface area contributed by atoms with Crippen molar-refractivity contribution in [3.63, 3.8) is 0 Å². The van der Waals surface area contributed by atoms with Crippen LogP contribution < -0.4 is 15.5 Å². The van der Waals surface area contributed by atoms with Gasteiger partial charge >= 0.3 is 11.8 Å². The summed E-state index contributed by atoms with van der Waals surface area (Å²) < 4.78 is 9.93. The molecule has 154 valence electrons. The molecule has 29 heavy (non-hydrogen) atoms. The SMILES string of the molecule is COC(CNC(=O)C(=O)Nc1ccc2c(c1)CCCN2C(=O)c1cccs1)OC. The van der Waals surface area contributed by atoms with Crippen LogP contribution in [0.25, 0.3) is 0 Å². The van der Waals surface area contributed by atoms with Crippen LogP contribution in [0.5, 0.6) is 0 Å². The largest absolute Gasteiger partial charge is 0.354 e. The van der Waals surface area contributed by atoms with Crippen molar-refractivity contribution in [1.29, 1.82) is 0 Å². The van der Waals surface area contributed by atoms with Crippen molar-refractivity contribution in [3.8, 4) is 0 Å². The van der Waals surface area contributed by atoms with Crippen LogP contribution in [0.15, 0.2) is 35.7 Å². The molecule has 2 heterocycles. The summed E-state index contributed by atoms with van der Waals surface area (Å²) in [4.78, 5) is 39.3. The zero-order chi connectivity index (χ0) is 20.8. The second kappa shape index (κ2) is 9.64. The van der Waals surface area contributed by atoms with Crippen LogP contribution in [-0.2, 0) is 25.5 Å². The van der Waals surface area contributed by atoms with Crippen LogP contribution in [0.3, 0.4) is 0 Å². The monoisotopic (exact) mass is 417 g/mol. The summed E-state index contributed by atoms with van der Waals surface area (Å²) in [6, 6.07) is 8.97. The third-order valence-electron chi connectivity index (χ3n) is 4.59. The highest BCUT2D eigenvalue weighted by atomic mass is 32.1. The van der Waals surface area contributed by atoms with Crippen LogP contribution in [0.1, 0.15) is 21.7 Å². The molecule has 0 atom stereocenters. The minimum absolute atomic E-state index is 0.0250. The number of thiophene rings is 1. The van der Waals surface area contributed by atoms with Gasteiger partial charge < -0.3 is 25.0 Å². The Balaban J connectivity index is 1.66. The Bertz CT molecular complexity index is 880. The van der Waals surface area contributed by atoms with E-state index in [1.54, 1.807) is 17.0 Å². The summed E-state index contributed by atoms with van der Waals surface area (Å²) in [7, 11) is 2.89. The van der Waals surface area contributed by atoms with Gasteiger partial charge in [-0.1, -0.05) is 6.07 Å². The lowest BCUT2D eigenvalue weighted by Crippen LogP contribution is -2.40. The van der Waals surface area contributed by atoms with Gasteiger partial charge in [-0.15, -0.1) is 11.3 Å². The molecule has 2 aromatic rings. The lowest BCUT2D eigenvalue weighted by Gasteiger charge is -2.29. The Morgan fingerprint density at radius 1 is 1.17 bits per heavy atom. The molecule has 2 N–H and O–H groups in total. The number of benzene rings is 1. The van der Waals surface area contributed by atoms with Gasteiger partial charge in [-0.2, -0.15) is 0 Å². The Kier molecular flexibility index (Phi) is 6.97. The highest BCUT2D eigenvalue weighted by Crippen LogP contribution is 2.31. The molecule has 1 aliphatic rings. The van der Waals surface area contributed by atoms with Crippen molar-refractivity contribution < 1.29 is 23.9 Å². The molecule has 0 radical (unpaired) electrons. The molecule has 1 aromatic heterocycles. The number of anilines is 2. The van der Waals surface area contributed by atoms with E-state index in [1.165, 1.54) is 25.6 Å². The predicted octanol–water partition coefficient (Wildman–Crippen LogP) is 2.01. The average Bonchev–Trinajstić information content (AvgIpc) is 3.28. The van der Waals surface area contributed by atoms with Crippen LogP contribution in [0.4, 0.5) is 11.4 Å². The van der Waals surface area contributed by atoms with E-state index in [2.05, 4.69) is 10.6 Å². The normalized spacial score (nSPS) is 13.1. The molecule has 8 nitrogen and oxygen atoms in total. The Morgan fingerprint density at radius 3 is 2.66 bits per heavy atom. The fraction of sp³-hybridized carbons (Fsp3) is 0.350. The number of nitrogens with one attached hydrogen (secondary N) is 2. The molecule has 0 bridgehead atoms. The lowest BCUT2D eigenvalue weighted by molar-refractivity contribution is -0.139. The van der Waals surface area contributed by atoms with E-state index in [0.717, 1.165) is 24.1 Å². The number of hydrogen-bond acceptors (Lipinski definition) is 6. The van der Waals surface area contributed by atoms with Gasteiger partial charge in [0.25, 0.3) is 5.91 Å². The van der Waals surface area contributed by atoms with Gasteiger partial charge in [-0.05, 0) is 48.1 Å². The quantitative estimate of drug-likeness (QED) is 0.554. The van der Waals surface area contributed by atoms with E-state index in [4.69, 9.17) is 9.47 Å². The van der Waals surface area contributed by atoms with E-state index in [1.807, 2.05) is 23.6 Å². The maximum atomic E-state index is 12.7. The third kappa shape index (κ3) is 5.00. The second-order valence-electron chi connectivity index (χ2n) is 6.45. The number of amides is 3. The van der Waals surface area contributed by atoms with Crippen LogP contribution in [-0.4, -0.2) is 51.3 Å². The van der Waals surface area contributed by atoms with Crippen LogP contribution in [0.2, 0.25) is 0 Å². The first-order valence-corrected chi connectivity index (χ1v) is 10.0. The van der Waals surface area contributed by atoms with Gasteiger partial charge in [-0.3, -0.25) is 14.4 Å². The number of ether oxygens (including phenoxy) is 2. The fourth-order valence-corrected chi connectivity index (χ4v) is 3.80. The highest BCUT2D eigenvalue weighted by Gasteiger charge is 2.25. The number of nitrogens with zero attached hydrogens (tertiary/aromatic N) is 1. The molecule has 1 aliphatic heterocycles. The predicted molar refractivity (Wildman–Crippen MR) is 110 cm³/mol. The average molecular weight is 417 g/mol. The molecule has 0 spiro atoms. The first-order chi connectivity index (χ1) is 14.0. The molecule has 0 aliphatic carbocycles. The molecule has 0 fully saturated rings. The number of carbonyl (C=O) groups is 3. The van der Waals surface area contributed by atoms with Crippen molar-refractivity contribution >= 4 is 40.4 Å². The van der Waals surface area contributed by atoms with Crippen molar-refractivity contribution in [1.82, 2.24) is 5.32 Å². The zero-order valence-corrected chi connectivity index (χ0v) is 17.1. The summed E-state index contributed by atoms with van der Waals surface area (Å²) in [6.45, 7) is 0.710. The number of rotatable bonds is 6. The van der Waals surface area contributed by atoms with Gasteiger partial charge in [0.1, 0.15) is 0 Å². The number of hydrogen-bond donors (Lipinski definition) is 2. The van der Waals surface area contributed by atoms with Crippen molar-refractivity contribution in [3.05, 3.63) is 46.2 Å². The second-order valence-corrected chi connectivity index (χ2v) is 7.39. The molecule has 9 heteroatoms. The van der Waals surface area contributed by atoms with Gasteiger partial charge in [-0.25, -0.2) is 0 Å². The maximum absolute atomic E-state index is 12.7. The van der Waals surface area contributed by atoms with Crippen LogP contribution >= 0.6 is 11.3 Å². The summed E-state index contributed by atoms with van der Waals surface area (Å²) in [5.41, 5.74) is 2.29. The smallest absolute Gasteiger partial charge is 0.313 e. The number of carbonyl (C=O) groups excluding carboxylic acids is 3. The molecule has 3 rings (SSSR count). The van der Waals surface area contributed by atoms with E-state index < -0.39 is 18.1 Å². The van der Waals surface area contributed by atoms with Gasteiger partial charge in [0.2, 0.25) is 0 Å². The van der Waals surface area contributed by atoms with Gasteiger partial charge in [0, 0.05) is 32.1 Å². The summed E-state index contributed by atoms with van der Waals surface area (Å²) in [5.74, 6) is -1.59. The lowest BCUT2D eigenvalue weighted by atomic mass is 10.0. The zero-order valence-electron chi connectivity index (χ0n) is 16.3. The van der Waals surface area contributed by atoms with Gasteiger partial charge in [0.05, 0.1) is 11.4 Å². The fourth-order valence-electron chi connectivity index (χ4n) is 3.13. The topological polar surface area (TPSA) is 97.0 Å². The van der Waals surface area contributed by atoms with Crippen molar-refractivity contribution in [2.75, 3.05) is 37.5 Å². The molecule has 1 aromatic carbocycles. The van der Waals surface area contributed by atoms with Crippen molar-refractivity contribution in [2.24, 2.45) is 0 Å². The standard InChI is InChI=1S/C20H23N3O5S/c1-27-17(28-2)12-21-18(24)19(25)22-14-7-8-15-13(11-14)5-3-9-23(15)20(26)16-6-4-10-29-16/h4,6-8,10-11,17H,3,5,9,12H2,1-2H3,(H,21,24)(H,22,25). The summed E-state index contributed by atoms with van der Waals surface area (Å²) in [6.07, 6.45) is 1.00. The number of methoxy groups -OCH3 is 2. The van der Waals surface area contributed by atoms with E-state index in [-0.39, 0.29) is 12.5 Å². The number of fused-ring (bicyclic) bond motifs is 1. The first kappa shape index (κ1) is 21.0. The Hall–Kier alpha value is -2.75. The first-order valence-electron chi connectivity index (χ1n) is 9.16. The molecule has 0 unspecified atom stereocenters. The van der Waals surface area contributed by atoms with Gasteiger partial charge in [0.15, 0.2) is 6.29 Å². The van der Waals surface area contributed by atoms with E-state index in [9.17, 15) is 14.4 Å². The van der Waals surface area contributed by atoms with E-state index >= 15 is 0 Å². The van der Waals surface area contributed by atoms with Crippen LogP contribution in [0, 0.1) is 0 Å². The minimum atomic E-state index is -0.781.